The molecule has 0 saturated carbocycles. The van der Waals surface area contributed by atoms with Crippen LogP contribution < -0.4 is 5.32 Å². The quantitative estimate of drug-likeness (QED) is 0.657. The molecule has 1 amide bonds. The average molecular weight is 357 g/mol. The number of carbonyl (C=O) groups is 1. The number of fused-ring (bicyclic) bond motifs is 1. The topological polar surface area (TPSA) is 43.3 Å². The van der Waals surface area contributed by atoms with Crippen LogP contribution in [0.2, 0.25) is 5.02 Å². The Morgan fingerprint density at radius 1 is 1.16 bits per heavy atom. The van der Waals surface area contributed by atoms with E-state index in [0.717, 1.165) is 28.0 Å². The molecule has 5 heteroatoms. The zero-order valence-corrected chi connectivity index (χ0v) is 14.9. The highest BCUT2D eigenvalue weighted by molar-refractivity contribution is 6.30. The average Bonchev–Trinajstić information content (AvgIpc) is 2.95. The molecule has 25 heavy (non-hydrogen) atoms. The minimum atomic E-state index is 0.00597. The standard InChI is InChI=1S/C20H21ClN2O2/c1-25-11-10-22-20(24)12-16-14-23(19-5-3-2-4-18(16)19)13-15-6-8-17(21)9-7-15/h2-9,14H,10-13H2,1H3,(H,22,24). The molecule has 0 aliphatic rings. The van der Waals surface area contributed by atoms with Gasteiger partial charge in [-0.15, -0.1) is 0 Å². The number of para-hydroxylation sites is 1. The Morgan fingerprint density at radius 3 is 2.68 bits per heavy atom. The molecule has 0 aliphatic carbocycles. The molecule has 130 valence electrons. The first-order valence-electron chi connectivity index (χ1n) is 8.24. The van der Waals surface area contributed by atoms with Crippen LogP contribution in [-0.4, -0.2) is 30.7 Å². The molecule has 1 aromatic heterocycles. The van der Waals surface area contributed by atoms with Gasteiger partial charge in [-0.25, -0.2) is 0 Å². The van der Waals surface area contributed by atoms with Gasteiger partial charge in [-0.1, -0.05) is 41.9 Å². The third-order valence-electron chi connectivity index (χ3n) is 4.12. The maximum Gasteiger partial charge on any atom is 0.224 e. The molecule has 0 unspecified atom stereocenters. The maximum absolute atomic E-state index is 12.1. The van der Waals surface area contributed by atoms with Crippen LogP contribution in [0.3, 0.4) is 0 Å². The summed E-state index contributed by atoms with van der Waals surface area (Å²) in [6, 6.07) is 16.0. The van der Waals surface area contributed by atoms with Crippen molar-refractivity contribution in [1.29, 1.82) is 0 Å². The number of ether oxygens (including phenoxy) is 1. The van der Waals surface area contributed by atoms with Crippen molar-refractivity contribution in [3.63, 3.8) is 0 Å². The third kappa shape index (κ3) is 4.41. The van der Waals surface area contributed by atoms with Crippen molar-refractivity contribution in [2.75, 3.05) is 20.3 Å². The lowest BCUT2D eigenvalue weighted by Gasteiger charge is -2.05. The van der Waals surface area contributed by atoms with Crippen molar-refractivity contribution >= 4 is 28.4 Å². The summed E-state index contributed by atoms with van der Waals surface area (Å²) in [7, 11) is 1.62. The van der Waals surface area contributed by atoms with Crippen LogP contribution in [0.1, 0.15) is 11.1 Å². The Kier molecular flexibility index (Phi) is 5.74. The molecule has 3 rings (SSSR count). The Labute approximate surface area is 152 Å². The van der Waals surface area contributed by atoms with Gasteiger partial charge in [0.05, 0.1) is 13.0 Å². The molecule has 0 bridgehead atoms. The Balaban J connectivity index is 1.82. The number of halogens is 1. The number of methoxy groups -OCH3 is 1. The third-order valence-corrected chi connectivity index (χ3v) is 4.37. The first-order valence-corrected chi connectivity index (χ1v) is 8.62. The van der Waals surface area contributed by atoms with Crippen LogP contribution in [0.5, 0.6) is 0 Å². The molecule has 0 aliphatic heterocycles. The second kappa shape index (κ2) is 8.19. The number of benzene rings is 2. The fourth-order valence-corrected chi connectivity index (χ4v) is 3.04. The van der Waals surface area contributed by atoms with E-state index in [1.54, 1.807) is 7.11 Å². The van der Waals surface area contributed by atoms with Crippen molar-refractivity contribution in [3.8, 4) is 0 Å². The molecule has 2 aromatic carbocycles. The van der Waals surface area contributed by atoms with E-state index < -0.39 is 0 Å². The van der Waals surface area contributed by atoms with Crippen LogP contribution in [0.25, 0.3) is 10.9 Å². The monoisotopic (exact) mass is 356 g/mol. The molecular formula is C20H21ClN2O2. The van der Waals surface area contributed by atoms with Crippen LogP contribution in [0, 0.1) is 0 Å². The van der Waals surface area contributed by atoms with E-state index in [4.69, 9.17) is 16.3 Å². The largest absolute Gasteiger partial charge is 0.383 e. The van der Waals surface area contributed by atoms with E-state index in [9.17, 15) is 4.79 Å². The maximum atomic E-state index is 12.1. The highest BCUT2D eigenvalue weighted by atomic mass is 35.5. The number of hydrogen-bond acceptors (Lipinski definition) is 2. The normalized spacial score (nSPS) is 11.0. The van der Waals surface area contributed by atoms with E-state index in [0.29, 0.717) is 19.6 Å². The molecule has 0 radical (unpaired) electrons. The molecule has 0 fully saturated rings. The number of carbonyl (C=O) groups excluding carboxylic acids is 1. The summed E-state index contributed by atoms with van der Waals surface area (Å²) in [5, 5.41) is 4.71. The Morgan fingerprint density at radius 2 is 1.92 bits per heavy atom. The smallest absolute Gasteiger partial charge is 0.224 e. The SMILES string of the molecule is COCCNC(=O)Cc1cn(Cc2ccc(Cl)cc2)c2ccccc12. The van der Waals surface area contributed by atoms with Gasteiger partial charge in [0.1, 0.15) is 0 Å². The Hall–Kier alpha value is -2.30. The number of nitrogens with zero attached hydrogens (tertiary/aromatic N) is 1. The van der Waals surface area contributed by atoms with Crippen molar-refractivity contribution in [2.24, 2.45) is 0 Å². The highest BCUT2D eigenvalue weighted by Gasteiger charge is 2.12. The van der Waals surface area contributed by atoms with Crippen LogP contribution in [0.15, 0.2) is 54.7 Å². The molecule has 1 N–H and O–H groups in total. The van der Waals surface area contributed by atoms with Crippen molar-refractivity contribution < 1.29 is 9.53 Å². The van der Waals surface area contributed by atoms with Gasteiger partial charge < -0.3 is 14.6 Å². The fraction of sp³-hybridized carbons (Fsp3) is 0.250. The zero-order chi connectivity index (χ0) is 17.6. The van der Waals surface area contributed by atoms with Crippen LogP contribution in [0.4, 0.5) is 0 Å². The first kappa shape index (κ1) is 17.5. The lowest BCUT2D eigenvalue weighted by atomic mass is 10.1. The van der Waals surface area contributed by atoms with Crippen molar-refractivity contribution in [2.45, 2.75) is 13.0 Å². The van der Waals surface area contributed by atoms with Gasteiger partial charge in [0, 0.05) is 42.3 Å². The van der Waals surface area contributed by atoms with Gasteiger partial charge in [0.25, 0.3) is 0 Å². The fourth-order valence-electron chi connectivity index (χ4n) is 2.91. The summed E-state index contributed by atoms with van der Waals surface area (Å²) in [6.07, 6.45) is 2.42. The summed E-state index contributed by atoms with van der Waals surface area (Å²) in [5.41, 5.74) is 3.32. The molecule has 0 saturated heterocycles. The van der Waals surface area contributed by atoms with Gasteiger partial charge in [-0.05, 0) is 29.3 Å². The van der Waals surface area contributed by atoms with E-state index >= 15 is 0 Å². The first-order chi connectivity index (χ1) is 12.2. The van der Waals surface area contributed by atoms with Gasteiger partial charge in [0.15, 0.2) is 0 Å². The van der Waals surface area contributed by atoms with E-state index in [1.165, 1.54) is 5.56 Å². The molecule has 1 heterocycles. The summed E-state index contributed by atoms with van der Waals surface area (Å²) in [6.45, 7) is 1.78. The summed E-state index contributed by atoms with van der Waals surface area (Å²) in [5.74, 6) is 0.00597. The summed E-state index contributed by atoms with van der Waals surface area (Å²) < 4.78 is 7.14. The Bertz CT molecular complexity index is 856. The number of nitrogens with one attached hydrogen (secondary N) is 1. The van der Waals surface area contributed by atoms with E-state index in [-0.39, 0.29) is 5.91 Å². The zero-order valence-electron chi connectivity index (χ0n) is 14.2. The van der Waals surface area contributed by atoms with E-state index in [1.807, 2.05) is 36.4 Å². The molecule has 4 nitrogen and oxygen atoms in total. The number of hydrogen-bond donors (Lipinski definition) is 1. The van der Waals surface area contributed by atoms with Gasteiger partial charge in [-0.3, -0.25) is 4.79 Å². The van der Waals surface area contributed by atoms with Crippen LogP contribution >= 0.6 is 11.6 Å². The lowest BCUT2D eigenvalue weighted by Crippen LogP contribution is -2.28. The summed E-state index contributed by atoms with van der Waals surface area (Å²) >= 11 is 5.96. The highest BCUT2D eigenvalue weighted by Crippen LogP contribution is 2.23. The summed E-state index contributed by atoms with van der Waals surface area (Å²) in [4.78, 5) is 12.1. The predicted molar refractivity (Wildman–Crippen MR) is 101 cm³/mol. The van der Waals surface area contributed by atoms with E-state index in [2.05, 4.69) is 28.2 Å². The van der Waals surface area contributed by atoms with Crippen LogP contribution in [-0.2, 0) is 22.5 Å². The predicted octanol–water partition coefficient (Wildman–Crippen LogP) is 3.65. The second-order valence-electron chi connectivity index (χ2n) is 5.95. The molecule has 0 atom stereocenters. The van der Waals surface area contributed by atoms with Gasteiger partial charge in [0.2, 0.25) is 5.91 Å². The van der Waals surface area contributed by atoms with Gasteiger partial charge >= 0.3 is 0 Å². The van der Waals surface area contributed by atoms with Crippen molar-refractivity contribution in [3.05, 3.63) is 70.9 Å². The number of amides is 1. The minimum absolute atomic E-state index is 0.00597. The molecule has 0 spiro atoms. The molecular weight excluding hydrogens is 336 g/mol. The number of aromatic nitrogens is 1. The number of rotatable bonds is 7. The molecule has 3 aromatic rings. The van der Waals surface area contributed by atoms with Gasteiger partial charge in [-0.2, -0.15) is 0 Å². The lowest BCUT2D eigenvalue weighted by molar-refractivity contribution is -0.120. The minimum Gasteiger partial charge on any atom is -0.383 e. The second-order valence-corrected chi connectivity index (χ2v) is 6.38. The van der Waals surface area contributed by atoms with Crippen molar-refractivity contribution in [1.82, 2.24) is 9.88 Å².